The van der Waals surface area contributed by atoms with E-state index in [0.717, 1.165) is 4.68 Å². The number of hydrogen-bond acceptors (Lipinski definition) is 10. The molecule has 1 aromatic heterocycles. The highest BCUT2D eigenvalue weighted by Gasteiger charge is 2.39. The number of carbonyl (C=O) groups excluding carboxylic acids is 2. The molecule has 0 radical (unpaired) electrons. The van der Waals surface area contributed by atoms with Gasteiger partial charge in [0.2, 0.25) is 11.5 Å². The van der Waals surface area contributed by atoms with E-state index in [1.54, 1.807) is 12.1 Å². The van der Waals surface area contributed by atoms with Gasteiger partial charge < -0.3 is 39.1 Å². The number of para-hydroxylation sites is 2. The van der Waals surface area contributed by atoms with E-state index in [9.17, 15) is 22.8 Å². The van der Waals surface area contributed by atoms with Gasteiger partial charge in [-0.3, -0.25) is 9.59 Å². The lowest BCUT2D eigenvalue weighted by atomic mass is 10.1. The van der Waals surface area contributed by atoms with E-state index < -0.39 is 18.0 Å². The van der Waals surface area contributed by atoms with Crippen molar-refractivity contribution in [1.29, 1.82) is 0 Å². The zero-order valence-electron chi connectivity index (χ0n) is 25.0. The first-order chi connectivity index (χ1) is 21.5. The Bertz CT molecular complexity index is 1670. The molecular formula is C30H29F3N4O8. The number of nitrogens with zero attached hydrogens (tertiary/aromatic N) is 2. The number of anilines is 3. The Labute approximate surface area is 255 Å². The molecule has 0 saturated heterocycles. The minimum absolute atomic E-state index is 0.0335. The summed E-state index contributed by atoms with van der Waals surface area (Å²) in [5.74, 6) is -1.21. The number of halogens is 3. The summed E-state index contributed by atoms with van der Waals surface area (Å²) in [7, 11) is 8.51. The van der Waals surface area contributed by atoms with E-state index in [2.05, 4.69) is 10.4 Å². The summed E-state index contributed by atoms with van der Waals surface area (Å²) in [6.45, 7) is 0. The van der Waals surface area contributed by atoms with Crippen LogP contribution in [0, 0.1) is 0 Å². The topological polar surface area (TPSA) is 131 Å². The van der Waals surface area contributed by atoms with Crippen LogP contribution in [0.3, 0.4) is 0 Å². The summed E-state index contributed by atoms with van der Waals surface area (Å²) in [6.07, 6.45) is -5.13. The molecule has 0 aliphatic carbocycles. The molecule has 4 rings (SSSR count). The number of rotatable bonds is 11. The molecule has 4 aromatic rings. The van der Waals surface area contributed by atoms with E-state index >= 15 is 0 Å². The molecule has 1 heterocycles. The Kier molecular flexibility index (Phi) is 9.60. The van der Waals surface area contributed by atoms with Crippen LogP contribution in [-0.2, 0) is 4.79 Å². The third-order valence-electron chi connectivity index (χ3n) is 6.47. The molecule has 15 heteroatoms. The summed E-state index contributed by atoms with van der Waals surface area (Å²) >= 11 is 0. The largest absolute Gasteiger partial charge is 0.493 e. The van der Waals surface area contributed by atoms with Crippen LogP contribution in [0.25, 0.3) is 11.3 Å². The van der Waals surface area contributed by atoms with Crippen molar-refractivity contribution in [2.75, 3.05) is 53.3 Å². The van der Waals surface area contributed by atoms with Crippen LogP contribution < -0.4 is 39.1 Å². The minimum atomic E-state index is -5.13. The number of methoxy groups -OCH3 is 6. The van der Waals surface area contributed by atoms with Crippen molar-refractivity contribution < 1.29 is 51.2 Å². The molecule has 1 amide bonds. The second-order valence-corrected chi connectivity index (χ2v) is 9.08. The molecule has 0 aliphatic heterocycles. The lowest BCUT2D eigenvalue weighted by Gasteiger charge is -2.16. The van der Waals surface area contributed by atoms with E-state index in [1.165, 1.54) is 85.1 Å². The molecule has 45 heavy (non-hydrogen) atoms. The van der Waals surface area contributed by atoms with Crippen LogP contribution in [0.4, 0.5) is 30.4 Å². The van der Waals surface area contributed by atoms with Gasteiger partial charge in [0, 0.05) is 17.2 Å². The summed E-state index contributed by atoms with van der Waals surface area (Å²) in [5, 5.41) is 9.28. The van der Waals surface area contributed by atoms with Crippen molar-refractivity contribution >= 4 is 29.0 Å². The molecule has 0 aliphatic rings. The molecule has 0 bridgehead atoms. The SMILES string of the molecule is COc1cc(C(=O)n2nc(-c3cc(OC)c(OC)c(OC)c3)cc2Nc2ccccc2NC(=O)C(F)(F)F)cc(OC)c1OC. The first kappa shape index (κ1) is 32.3. The van der Waals surface area contributed by atoms with Gasteiger partial charge >= 0.3 is 12.1 Å². The molecule has 0 unspecified atom stereocenters. The second-order valence-electron chi connectivity index (χ2n) is 9.08. The predicted octanol–water partition coefficient (Wildman–Crippen LogP) is 5.53. The highest BCUT2D eigenvalue weighted by molar-refractivity contribution is 6.01. The molecule has 0 saturated carbocycles. The molecule has 0 fully saturated rings. The summed E-state index contributed by atoms with van der Waals surface area (Å²) in [4.78, 5) is 25.7. The first-order valence-electron chi connectivity index (χ1n) is 13.0. The lowest BCUT2D eigenvalue weighted by Crippen LogP contribution is -2.30. The second kappa shape index (κ2) is 13.4. The molecule has 3 aromatic carbocycles. The minimum Gasteiger partial charge on any atom is -0.493 e. The normalized spacial score (nSPS) is 11.0. The summed E-state index contributed by atoms with van der Waals surface area (Å²) < 4.78 is 72.6. The van der Waals surface area contributed by atoms with Crippen LogP contribution in [-0.4, -0.2) is 70.4 Å². The van der Waals surface area contributed by atoms with E-state index in [1.807, 2.05) is 5.32 Å². The van der Waals surface area contributed by atoms with Crippen molar-refractivity contribution in [3.8, 4) is 45.8 Å². The predicted molar refractivity (Wildman–Crippen MR) is 158 cm³/mol. The maximum Gasteiger partial charge on any atom is 0.471 e. The number of amides is 1. The quantitative estimate of drug-likeness (QED) is 0.218. The van der Waals surface area contributed by atoms with Crippen LogP contribution in [0.15, 0.2) is 54.6 Å². The van der Waals surface area contributed by atoms with Gasteiger partial charge in [-0.15, -0.1) is 0 Å². The molecule has 0 spiro atoms. The van der Waals surface area contributed by atoms with E-state index in [0.29, 0.717) is 22.8 Å². The van der Waals surface area contributed by atoms with E-state index in [4.69, 9.17) is 28.4 Å². The number of benzene rings is 3. The number of carbonyl (C=O) groups is 2. The van der Waals surface area contributed by atoms with Gasteiger partial charge in [0.05, 0.1) is 59.7 Å². The van der Waals surface area contributed by atoms with Crippen molar-refractivity contribution in [3.63, 3.8) is 0 Å². The van der Waals surface area contributed by atoms with Crippen LogP contribution in [0.1, 0.15) is 10.4 Å². The fraction of sp³-hybridized carbons (Fsp3) is 0.233. The third kappa shape index (κ3) is 6.66. The average molecular weight is 631 g/mol. The van der Waals surface area contributed by atoms with Crippen molar-refractivity contribution in [2.24, 2.45) is 0 Å². The highest BCUT2D eigenvalue weighted by Crippen LogP contribution is 2.42. The number of hydrogen-bond donors (Lipinski definition) is 2. The zero-order chi connectivity index (χ0) is 32.9. The molecule has 2 N–H and O–H groups in total. The van der Waals surface area contributed by atoms with Crippen molar-refractivity contribution in [2.45, 2.75) is 6.18 Å². The molecular weight excluding hydrogens is 601 g/mol. The van der Waals surface area contributed by atoms with Crippen molar-refractivity contribution in [3.05, 3.63) is 60.2 Å². The monoisotopic (exact) mass is 630 g/mol. The number of alkyl halides is 3. The van der Waals surface area contributed by atoms with Gasteiger partial charge in [-0.1, -0.05) is 12.1 Å². The smallest absolute Gasteiger partial charge is 0.471 e. The number of nitrogens with one attached hydrogen (secondary N) is 2. The van der Waals surface area contributed by atoms with Gasteiger partial charge in [0.25, 0.3) is 5.91 Å². The lowest BCUT2D eigenvalue weighted by molar-refractivity contribution is -0.167. The maximum atomic E-state index is 14.0. The fourth-order valence-electron chi connectivity index (χ4n) is 4.35. The Morgan fingerprint density at radius 2 is 1.20 bits per heavy atom. The third-order valence-corrected chi connectivity index (χ3v) is 6.47. The molecule has 12 nitrogen and oxygen atoms in total. The van der Waals surface area contributed by atoms with Crippen molar-refractivity contribution in [1.82, 2.24) is 9.78 Å². The summed E-state index contributed by atoms with van der Waals surface area (Å²) in [6, 6.07) is 13.2. The van der Waals surface area contributed by atoms with Crippen LogP contribution in [0.5, 0.6) is 34.5 Å². The molecule has 0 atom stereocenters. The van der Waals surface area contributed by atoms with Crippen LogP contribution in [0.2, 0.25) is 0 Å². The maximum absolute atomic E-state index is 14.0. The van der Waals surface area contributed by atoms with Gasteiger partial charge in [-0.05, 0) is 36.4 Å². The van der Waals surface area contributed by atoms with Crippen LogP contribution >= 0.6 is 0 Å². The Morgan fingerprint density at radius 1 is 0.711 bits per heavy atom. The molecule has 238 valence electrons. The van der Waals surface area contributed by atoms with Gasteiger partial charge in [-0.2, -0.15) is 23.0 Å². The van der Waals surface area contributed by atoms with Gasteiger partial charge in [0.15, 0.2) is 23.0 Å². The first-order valence-corrected chi connectivity index (χ1v) is 13.0. The number of ether oxygens (including phenoxy) is 6. The summed E-state index contributed by atoms with van der Waals surface area (Å²) in [5.41, 5.74) is 0.621. The Hall–Kier alpha value is -5.60. The average Bonchev–Trinajstić information content (AvgIpc) is 3.46. The zero-order valence-corrected chi connectivity index (χ0v) is 25.0. The van der Waals surface area contributed by atoms with E-state index in [-0.39, 0.29) is 45.7 Å². The Balaban J connectivity index is 1.89. The highest BCUT2D eigenvalue weighted by atomic mass is 19.4. The Morgan fingerprint density at radius 3 is 1.67 bits per heavy atom. The van der Waals surface area contributed by atoms with Gasteiger partial charge in [0.1, 0.15) is 5.82 Å². The van der Waals surface area contributed by atoms with Gasteiger partial charge in [-0.25, -0.2) is 0 Å². The number of aromatic nitrogens is 2. The standard InChI is InChI=1S/C30H29F3N4O8/c1-40-21-11-16(12-22(41-2)26(21)44-5)20-15-25(34-18-9-7-8-10-19(18)35-29(39)30(31,32)33)37(36-20)28(38)17-13-23(42-3)27(45-6)24(14-17)43-4/h7-15,34H,1-6H3,(H,35,39). The fourth-order valence-corrected chi connectivity index (χ4v) is 4.35.